The summed E-state index contributed by atoms with van der Waals surface area (Å²) in [6.45, 7) is 3.05. The third kappa shape index (κ3) is 5.77. The number of benzene rings is 2. The molecule has 2 aliphatic rings. The van der Waals surface area contributed by atoms with Gasteiger partial charge in [0, 0.05) is 32.8 Å². The van der Waals surface area contributed by atoms with Crippen LogP contribution in [0.25, 0.3) is 11.0 Å². The largest absolute Gasteiger partial charge is 0.383 e. The molecule has 8 nitrogen and oxygen atoms in total. The highest BCUT2D eigenvalue weighted by atomic mass is 35.5. The highest BCUT2D eigenvalue weighted by molar-refractivity contribution is 6.35. The molecular formula is C29H28Cl4N4O4. The van der Waals surface area contributed by atoms with Crippen LogP contribution in [0, 0.1) is 0 Å². The molecule has 2 aliphatic heterocycles. The molecule has 0 unspecified atom stereocenters. The van der Waals surface area contributed by atoms with Crippen molar-refractivity contribution in [1.82, 2.24) is 14.5 Å². The van der Waals surface area contributed by atoms with Gasteiger partial charge in [0.15, 0.2) is 6.23 Å². The fourth-order valence-electron chi connectivity index (χ4n) is 5.53. The number of ether oxygens (including phenoxy) is 3. The second kappa shape index (κ2) is 11.9. The van der Waals surface area contributed by atoms with E-state index in [0.29, 0.717) is 25.7 Å². The van der Waals surface area contributed by atoms with Gasteiger partial charge in [-0.3, -0.25) is 0 Å². The average molecular weight is 638 g/mol. The molecule has 2 N–H and O–H groups in total. The van der Waals surface area contributed by atoms with Crippen LogP contribution in [0.5, 0.6) is 0 Å². The van der Waals surface area contributed by atoms with Crippen LogP contribution in [0.4, 0.5) is 5.82 Å². The van der Waals surface area contributed by atoms with Crippen molar-refractivity contribution in [3.8, 4) is 0 Å². The van der Waals surface area contributed by atoms with Gasteiger partial charge in [-0.25, -0.2) is 9.97 Å². The molecule has 0 radical (unpaired) electrons. The molecule has 0 saturated carbocycles. The van der Waals surface area contributed by atoms with Gasteiger partial charge in [-0.1, -0.05) is 58.5 Å². The number of aliphatic hydroxyl groups is 1. The van der Waals surface area contributed by atoms with Gasteiger partial charge >= 0.3 is 0 Å². The van der Waals surface area contributed by atoms with Gasteiger partial charge in [-0.2, -0.15) is 0 Å². The van der Waals surface area contributed by atoms with E-state index in [4.69, 9.17) is 60.6 Å². The van der Waals surface area contributed by atoms with Gasteiger partial charge in [0.2, 0.25) is 0 Å². The summed E-state index contributed by atoms with van der Waals surface area (Å²) in [5.41, 5.74) is 1.84. The molecule has 12 heteroatoms. The lowest BCUT2D eigenvalue weighted by atomic mass is 9.96. The van der Waals surface area contributed by atoms with Crippen LogP contribution in [0.15, 0.2) is 48.9 Å². The van der Waals surface area contributed by atoms with E-state index in [1.54, 1.807) is 37.3 Å². The van der Waals surface area contributed by atoms with Crippen molar-refractivity contribution < 1.29 is 19.3 Å². The summed E-state index contributed by atoms with van der Waals surface area (Å²) in [5, 5.41) is 18.4. The van der Waals surface area contributed by atoms with Crippen LogP contribution >= 0.6 is 46.4 Å². The fourth-order valence-corrected chi connectivity index (χ4v) is 6.46. The van der Waals surface area contributed by atoms with E-state index in [0.717, 1.165) is 47.3 Å². The molecule has 41 heavy (non-hydrogen) atoms. The summed E-state index contributed by atoms with van der Waals surface area (Å²) < 4.78 is 20.8. The zero-order valence-corrected chi connectivity index (χ0v) is 25.1. The number of nitrogens with zero attached hydrogens (tertiary/aromatic N) is 3. The number of hydrogen-bond donors (Lipinski definition) is 2. The van der Waals surface area contributed by atoms with E-state index in [2.05, 4.69) is 15.3 Å². The van der Waals surface area contributed by atoms with Crippen LogP contribution in [-0.4, -0.2) is 50.6 Å². The van der Waals surface area contributed by atoms with Gasteiger partial charge in [-0.15, -0.1) is 0 Å². The molecule has 0 amide bonds. The number of anilines is 1. The first kappa shape index (κ1) is 29.0. The molecule has 2 aromatic heterocycles. The topological polar surface area (TPSA) is 90.7 Å². The van der Waals surface area contributed by atoms with Gasteiger partial charge in [0.1, 0.15) is 35.6 Å². The molecule has 0 aliphatic carbocycles. The molecule has 0 spiro atoms. The molecule has 4 aromatic rings. The molecule has 216 valence electrons. The van der Waals surface area contributed by atoms with E-state index in [-0.39, 0.29) is 19.8 Å². The molecule has 6 rings (SSSR count). The minimum Gasteiger partial charge on any atom is -0.383 e. The number of halogens is 4. The second-order valence-corrected chi connectivity index (χ2v) is 12.2. The first-order chi connectivity index (χ1) is 19.7. The predicted octanol–water partition coefficient (Wildman–Crippen LogP) is 6.85. The standard InChI is InChI=1S/C29H28Cl4N4O4/c1-29(38)25(40-13-18-5-7-20(31)10-22(18)33)23(14-39-12-17-4-6-19(30)9-21(17)32)41-28(29)37-11-16-3-2-8-34-26-24(16)27(37)36-15-35-26/h4-7,9-11,15,23,25,28,38H,2-3,8,12-14H2,1H3,(H,34,35,36)/t23-,25-,28-,29-/m1/s1. The van der Waals surface area contributed by atoms with Crippen LogP contribution in [-0.2, 0) is 33.8 Å². The maximum atomic E-state index is 12.0. The number of rotatable bonds is 8. The normalized spacial score (nSPS) is 24.0. The Hall–Kier alpha value is -2.14. The maximum absolute atomic E-state index is 12.0. The minimum absolute atomic E-state index is 0.137. The first-order valence-electron chi connectivity index (χ1n) is 13.3. The molecule has 1 saturated heterocycles. The summed E-state index contributed by atoms with van der Waals surface area (Å²) in [5.74, 6) is 0.781. The lowest BCUT2D eigenvalue weighted by Crippen LogP contribution is -2.46. The summed E-state index contributed by atoms with van der Waals surface area (Å²) in [4.78, 5) is 9.01. The Bertz CT molecular complexity index is 1580. The Kier molecular flexibility index (Phi) is 8.38. The Balaban J connectivity index is 1.29. The first-order valence-corrected chi connectivity index (χ1v) is 14.8. The number of aryl methyl sites for hydroxylation is 1. The molecule has 2 aromatic carbocycles. The van der Waals surface area contributed by atoms with E-state index in [1.165, 1.54) is 6.33 Å². The van der Waals surface area contributed by atoms with Crippen molar-refractivity contribution in [3.05, 3.63) is 85.7 Å². The SMILES string of the molecule is C[C@@]1(O)[C@H](OCc2ccc(Cl)cc2Cl)[C@@H](COCc2ccc(Cl)cc2Cl)O[C@H]1n1cc2c3c(ncnc31)NCCC2. The third-order valence-corrected chi connectivity index (χ3v) is 8.74. The Morgan fingerprint density at radius 3 is 2.46 bits per heavy atom. The van der Waals surface area contributed by atoms with E-state index in [1.807, 2.05) is 16.8 Å². The number of aromatic nitrogens is 3. The second-order valence-electron chi connectivity index (χ2n) is 10.5. The maximum Gasteiger partial charge on any atom is 0.167 e. The molecule has 4 heterocycles. The summed E-state index contributed by atoms with van der Waals surface area (Å²) in [6.07, 6.45) is 3.13. The lowest BCUT2D eigenvalue weighted by molar-refractivity contribution is -0.114. The third-order valence-electron chi connectivity index (χ3n) is 7.56. The number of nitrogens with one attached hydrogen (secondary N) is 1. The zero-order valence-electron chi connectivity index (χ0n) is 22.1. The van der Waals surface area contributed by atoms with Crippen molar-refractivity contribution in [2.45, 2.75) is 57.0 Å². The molecule has 0 bridgehead atoms. The fraction of sp³-hybridized carbons (Fsp3) is 0.379. The van der Waals surface area contributed by atoms with Crippen LogP contribution in [0.1, 0.15) is 36.3 Å². The monoisotopic (exact) mass is 636 g/mol. The smallest absolute Gasteiger partial charge is 0.167 e. The van der Waals surface area contributed by atoms with E-state index < -0.39 is 24.0 Å². The predicted molar refractivity (Wildman–Crippen MR) is 160 cm³/mol. The minimum atomic E-state index is -1.46. The van der Waals surface area contributed by atoms with Crippen molar-refractivity contribution in [2.24, 2.45) is 0 Å². The van der Waals surface area contributed by atoms with E-state index >= 15 is 0 Å². The van der Waals surface area contributed by atoms with Crippen molar-refractivity contribution >= 4 is 63.3 Å². The van der Waals surface area contributed by atoms with Crippen LogP contribution in [0.2, 0.25) is 20.1 Å². The lowest BCUT2D eigenvalue weighted by Gasteiger charge is -2.31. The Labute approximate surface area is 257 Å². The Morgan fingerprint density at radius 1 is 1.05 bits per heavy atom. The quantitative estimate of drug-likeness (QED) is 0.218. The average Bonchev–Trinajstić information content (AvgIpc) is 3.31. The van der Waals surface area contributed by atoms with Gasteiger partial charge in [0.05, 0.1) is 25.2 Å². The van der Waals surface area contributed by atoms with Crippen molar-refractivity contribution in [2.75, 3.05) is 18.5 Å². The molecule has 1 fully saturated rings. The van der Waals surface area contributed by atoms with Gasteiger partial charge in [-0.05, 0) is 60.7 Å². The summed E-state index contributed by atoms with van der Waals surface area (Å²) >= 11 is 24.9. The van der Waals surface area contributed by atoms with Crippen molar-refractivity contribution in [3.63, 3.8) is 0 Å². The van der Waals surface area contributed by atoms with E-state index in [9.17, 15) is 5.11 Å². The summed E-state index contributed by atoms with van der Waals surface area (Å²) in [6, 6.07) is 10.5. The Morgan fingerprint density at radius 2 is 1.76 bits per heavy atom. The zero-order chi connectivity index (χ0) is 28.7. The highest BCUT2D eigenvalue weighted by Gasteiger charge is 2.55. The van der Waals surface area contributed by atoms with Gasteiger partial charge < -0.3 is 29.2 Å². The highest BCUT2D eigenvalue weighted by Crippen LogP contribution is 2.44. The van der Waals surface area contributed by atoms with Crippen LogP contribution in [0.3, 0.4) is 0 Å². The van der Waals surface area contributed by atoms with Crippen molar-refractivity contribution in [1.29, 1.82) is 0 Å². The van der Waals surface area contributed by atoms with Gasteiger partial charge in [0.25, 0.3) is 0 Å². The summed E-state index contributed by atoms with van der Waals surface area (Å²) in [7, 11) is 0. The number of hydrogen-bond acceptors (Lipinski definition) is 7. The molecular weight excluding hydrogens is 610 g/mol. The van der Waals surface area contributed by atoms with Crippen LogP contribution < -0.4 is 5.32 Å². The molecule has 4 atom stereocenters.